The molecule has 1 aliphatic rings. The van der Waals surface area contributed by atoms with E-state index in [9.17, 15) is 5.11 Å². The van der Waals surface area contributed by atoms with Crippen LogP contribution in [0.15, 0.2) is 6.20 Å². The van der Waals surface area contributed by atoms with Crippen LogP contribution in [0, 0.1) is 5.92 Å². The molecule has 4 N–H and O–H groups in total. The number of aromatic nitrogens is 2. The first-order valence-electron chi connectivity index (χ1n) is 5.88. The van der Waals surface area contributed by atoms with Crippen molar-refractivity contribution in [2.75, 3.05) is 17.6 Å². The minimum Gasteiger partial charge on any atom is -0.394 e. The van der Waals surface area contributed by atoms with Gasteiger partial charge >= 0.3 is 0 Å². The van der Waals surface area contributed by atoms with E-state index in [1.807, 2.05) is 7.05 Å². The Kier molecular flexibility index (Phi) is 3.33. The summed E-state index contributed by atoms with van der Waals surface area (Å²) in [6.07, 6.45) is 5.96. The molecule has 16 heavy (non-hydrogen) atoms. The summed E-state index contributed by atoms with van der Waals surface area (Å²) < 4.78 is 1.69. The molecule has 0 saturated heterocycles. The van der Waals surface area contributed by atoms with Crippen LogP contribution in [-0.4, -0.2) is 27.5 Å². The number of nitrogens with zero attached hydrogens (tertiary/aromatic N) is 2. The van der Waals surface area contributed by atoms with Crippen LogP contribution in [0.4, 0.5) is 11.5 Å². The van der Waals surface area contributed by atoms with Crippen molar-refractivity contribution < 1.29 is 5.11 Å². The van der Waals surface area contributed by atoms with Crippen LogP contribution in [0.5, 0.6) is 0 Å². The van der Waals surface area contributed by atoms with Gasteiger partial charge in [0, 0.05) is 25.7 Å². The van der Waals surface area contributed by atoms with E-state index in [1.54, 1.807) is 10.9 Å². The van der Waals surface area contributed by atoms with Gasteiger partial charge in [0.15, 0.2) is 5.82 Å². The van der Waals surface area contributed by atoms with Crippen LogP contribution in [0.3, 0.4) is 0 Å². The molecule has 0 amide bonds. The number of rotatable bonds is 3. The lowest BCUT2D eigenvalue weighted by molar-refractivity contribution is 0.0763. The van der Waals surface area contributed by atoms with E-state index in [2.05, 4.69) is 10.4 Å². The van der Waals surface area contributed by atoms with Gasteiger partial charge in [-0.05, 0) is 12.8 Å². The molecule has 0 radical (unpaired) electrons. The molecule has 0 aliphatic heterocycles. The fourth-order valence-electron chi connectivity index (χ4n) is 2.30. The second kappa shape index (κ2) is 4.74. The number of anilines is 2. The predicted molar refractivity (Wildman–Crippen MR) is 64.1 cm³/mol. The van der Waals surface area contributed by atoms with Gasteiger partial charge in [-0.2, -0.15) is 5.10 Å². The van der Waals surface area contributed by atoms with Crippen molar-refractivity contribution in [1.29, 1.82) is 0 Å². The van der Waals surface area contributed by atoms with E-state index in [0.717, 1.165) is 31.6 Å². The molecule has 1 aliphatic carbocycles. The van der Waals surface area contributed by atoms with Crippen LogP contribution < -0.4 is 11.1 Å². The maximum atomic E-state index is 9.82. The van der Waals surface area contributed by atoms with Gasteiger partial charge in [-0.15, -0.1) is 0 Å². The largest absolute Gasteiger partial charge is 0.394 e. The van der Waals surface area contributed by atoms with E-state index in [1.165, 1.54) is 6.42 Å². The summed E-state index contributed by atoms with van der Waals surface area (Å²) in [7, 11) is 1.84. The molecule has 0 bridgehead atoms. The van der Waals surface area contributed by atoms with Crippen molar-refractivity contribution in [3.05, 3.63) is 6.20 Å². The number of aliphatic hydroxyl groups is 1. The first kappa shape index (κ1) is 11.3. The SMILES string of the molecule is Cn1cc(N)c(NCC2CCCCC2O)n1. The smallest absolute Gasteiger partial charge is 0.171 e. The highest BCUT2D eigenvalue weighted by Crippen LogP contribution is 2.25. The molecule has 2 rings (SSSR count). The standard InChI is InChI=1S/C11H20N4O/c1-15-7-9(12)11(14-15)13-6-8-4-2-3-5-10(8)16/h7-8,10,16H,2-6,12H2,1H3,(H,13,14). The summed E-state index contributed by atoms with van der Waals surface area (Å²) >= 11 is 0. The third kappa shape index (κ3) is 2.47. The molecule has 5 heteroatoms. The molecule has 90 valence electrons. The highest BCUT2D eigenvalue weighted by atomic mass is 16.3. The summed E-state index contributed by atoms with van der Waals surface area (Å²) in [6.45, 7) is 0.752. The van der Waals surface area contributed by atoms with Crippen molar-refractivity contribution >= 4 is 11.5 Å². The summed E-state index contributed by atoms with van der Waals surface area (Å²) in [5, 5.41) is 17.3. The quantitative estimate of drug-likeness (QED) is 0.715. The monoisotopic (exact) mass is 224 g/mol. The van der Waals surface area contributed by atoms with E-state index >= 15 is 0 Å². The Hall–Kier alpha value is -1.23. The maximum absolute atomic E-state index is 9.82. The number of nitrogens with one attached hydrogen (secondary N) is 1. The van der Waals surface area contributed by atoms with Gasteiger partial charge in [0.05, 0.1) is 11.8 Å². The normalized spacial score (nSPS) is 25.6. The van der Waals surface area contributed by atoms with Gasteiger partial charge in [0.2, 0.25) is 0 Å². The Bertz CT molecular complexity index is 350. The molecule has 1 heterocycles. The fourth-order valence-corrected chi connectivity index (χ4v) is 2.30. The van der Waals surface area contributed by atoms with Crippen molar-refractivity contribution in [2.45, 2.75) is 31.8 Å². The highest BCUT2D eigenvalue weighted by molar-refractivity contribution is 5.59. The zero-order valence-electron chi connectivity index (χ0n) is 9.69. The Morgan fingerprint density at radius 1 is 1.56 bits per heavy atom. The highest BCUT2D eigenvalue weighted by Gasteiger charge is 2.23. The number of aliphatic hydroxyl groups excluding tert-OH is 1. The molecule has 1 fully saturated rings. The van der Waals surface area contributed by atoms with E-state index in [-0.39, 0.29) is 6.10 Å². The van der Waals surface area contributed by atoms with Crippen molar-refractivity contribution in [1.82, 2.24) is 9.78 Å². The Balaban J connectivity index is 1.89. The molecule has 1 saturated carbocycles. The van der Waals surface area contributed by atoms with Crippen LogP contribution >= 0.6 is 0 Å². The molecule has 2 atom stereocenters. The van der Waals surface area contributed by atoms with Crippen molar-refractivity contribution in [3.63, 3.8) is 0 Å². The van der Waals surface area contributed by atoms with Gasteiger partial charge in [-0.3, -0.25) is 4.68 Å². The molecular formula is C11H20N4O. The number of nitrogens with two attached hydrogens (primary N) is 1. The number of nitrogen functional groups attached to an aromatic ring is 1. The molecule has 0 aromatic carbocycles. The second-order valence-corrected chi connectivity index (χ2v) is 4.60. The summed E-state index contributed by atoms with van der Waals surface area (Å²) in [5.41, 5.74) is 6.44. The molecular weight excluding hydrogens is 204 g/mol. The topological polar surface area (TPSA) is 76.1 Å². The van der Waals surface area contributed by atoms with Gasteiger partial charge in [-0.25, -0.2) is 0 Å². The lowest BCUT2D eigenvalue weighted by Crippen LogP contribution is -2.30. The molecule has 2 unspecified atom stereocenters. The minimum absolute atomic E-state index is 0.175. The lowest BCUT2D eigenvalue weighted by atomic mass is 9.86. The Morgan fingerprint density at radius 3 is 2.94 bits per heavy atom. The van der Waals surface area contributed by atoms with Crippen LogP contribution in [0.1, 0.15) is 25.7 Å². The van der Waals surface area contributed by atoms with Gasteiger partial charge in [0.25, 0.3) is 0 Å². The zero-order chi connectivity index (χ0) is 11.5. The van der Waals surface area contributed by atoms with Crippen molar-refractivity contribution in [3.8, 4) is 0 Å². The third-order valence-corrected chi connectivity index (χ3v) is 3.26. The molecule has 0 spiro atoms. The van der Waals surface area contributed by atoms with Crippen LogP contribution in [0.25, 0.3) is 0 Å². The van der Waals surface area contributed by atoms with Gasteiger partial charge < -0.3 is 16.2 Å². The summed E-state index contributed by atoms with van der Waals surface area (Å²) in [6, 6.07) is 0. The average molecular weight is 224 g/mol. The van der Waals surface area contributed by atoms with E-state index < -0.39 is 0 Å². The van der Waals surface area contributed by atoms with E-state index in [4.69, 9.17) is 5.73 Å². The Morgan fingerprint density at radius 2 is 2.31 bits per heavy atom. The third-order valence-electron chi connectivity index (χ3n) is 3.26. The fraction of sp³-hybridized carbons (Fsp3) is 0.727. The summed E-state index contributed by atoms with van der Waals surface area (Å²) in [5.74, 6) is 1.05. The minimum atomic E-state index is -0.175. The maximum Gasteiger partial charge on any atom is 0.171 e. The first-order valence-corrected chi connectivity index (χ1v) is 5.88. The molecule has 5 nitrogen and oxygen atoms in total. The lowest BCUT2D eigenvalue weighted by Gasteiger charge is -2.27. The Labute approximate surface area is 95.6 Å². The second-order valence-electron chi connectivity index (χ2n) is 4.60. The first-order chi connectivity index (χ1) is 7.66. The number of hydrogen-bond acceptors (Lipinski definition) is 4. The van der Waals surface area contributed by atoms with Gasteiger partial charge in [-0.1, -0.05) is 12.8 Å². The van der Waals surface area contributed by atoms with Crippen molar-refractivity contribution in [2.24, 2.45) is 13.0 Å². The summed E-state index contributed by atoms with van der Waals surface area (Å²) in [4.78, 5) is 0. The average Bonchev–Trinajstić information content (AvgIpc) is 2.56. The number of hydrogen-bond donors (Lipinski definition) is 3. The zero-order valence-corrected chi connectivity index (χ0v) is 9.69. The molecule has 1 aromatic rings. The van der Waals surface area contributed by atoms with Crippen LogP contribution in [0.2, 0.25) is 0 Å². The number of aryl methyl sites for hydroxylation is 1. The predicted octanol–water partition coefficient (Wildman–Crippen LogP) is 0.965. The van der Waals surface area contributed by atoms with E-state index in [0.29, 0.717) is 11.6 Å². The van der Waals surface area contributed by atoms with Crippen LogP contribution in [-0.2, 0) is 7.05 Å². The van der Waals surface area contributed by atoms with Gasteiger partial charge in [0.1, 0.15) is 0 Å². The molecule has 1 aromatic heterocycles.